The zero-order chi connectivity index (χ0) is 8.85. The molecule has 0 aromatic rings. The van der Waals surface area contributed by atoms with E-state index in [2.05, 4.69) is 45.2 Å². The fraction of sp³-hybridized carbons (Fsp3) is 1.00. The molecule has 0 aromatic heterocycles. The predicted octanol–water partition coefficient (Wildman–Crippen LogP) is 2.43. The summed E-state index contributed by atoms with van der Waals surface area (Å²) in [7, 11) is 0. The summed E-state index contributed by atoms with van der Waals surface area (Å²) in [5.41, 5.74) is 0. The molecule has 1 nitrogen and oxygen atoms in total. The first-order valence-corrected chi connectivity index (χ1v) is 5.09. The summed E-state index contributed by atoms with van der Waals surface area (Å²) in [6.45, 7) is 10.2. The molecule has 11 heavy (non-hydrogen) atoms. The summed E-state index contributed by atoms with van der Waals surface area (Å²) in [5, 5.41) is 0. The molecule has 0 aliphatic carbocycles. The monoisotopic (exact) mass is 175 g/mol. The average Bonchev–Trinajstić information content (AvgIpc) is 1.87. The minimum Gasteiger partial charge on any atom is -0.299 e. The molecule has 0 atom stereocenters. The van der Waals surface area contributed by atoms with Gasteiger partial charge in [0.1, 0.15) is 0 Å². The third-order valence-electron chi connectivity index (χ3n) is 1.90. The molecule has 2 heteroatoms. The van der Waals surface area contributed by atoms with Crippen LogP contribution >= 0.6 is 12.6 Å². The van der Waals surface area contributed by atoms with Crippen LogP contribution in [0.2, 0.25) is 0 Å². The van der Waals surface area contributed by atoms with Gasteiger partial charge < -0.3 is 0 Å². The molecule has 0 heterocycles. The van der Waals surface area contributed by atoms with Gasteiger partial charge in [0.25, 0.3) is 0 Å². The van der Waals surface area contributed by atoms with Crippen molar-refractivity contribution in [1.29, 1.82) is 0 Å². The van der Waals surface area contributed by atoms with Crippen LogP contribution in [-0.4, -0.2) is 29.3 Å². The van der Waals surface area contributed by atoms with E-state index < -0.39 is 0 Å². The zero-order valence-corrected chi connectivity index (χ0v) is 9.06. The van der Waals surface area contributed by atoms with Crippen LogP contribution in [0, 0.1) is 0 Å². The third-order valence-corrected chi connectivity index (χ3v) is 2.22. The topological polar surface area (TPSA) is 3.24 Å². The van der Waals surface area contributed by atoms with Gasteiger partial charge in [0.2, 0.25) is 0 Å². The standard InChI is InChI=1S/C9H21NS/c1-8(2)10(9(3)4)6-5-7-11/h8-9,11H,5-7H2,1-4H3. The lowest BCUT2D eigenvalue weighted by Crippen LogP contribution is -2.37. The highest BCUT2D eigenvalue weighted by molar-refractivity contribution is 7.80. The Kier molecular flexibility index (Phi) is 6.06. The maximum Gasteiger partial charge on any atom is 0.00412 e. The van der Waals surface area contributed by atoms with Crippen molar-refractivity contribution in [3.63, 3.8) is 0 Å². The fourth-order valence-electron chi connectivity index (χ4n) is 1.37. The average molecular weight is 175 g/mol. The highest BCUT2D eigenvalue weighted by atomic mass is 32.1. The molecule has 0 rings (SSSR count). The van der Waals surface area contributed by atoms with Gasteiger partial charge in [0.05, 0.1) is 0 Å². The van der Waals surface area contributed by atoms with Crippen molar-refractivity contribution in [1.82, 2.24) is 4.90 Å². The maximum atomic E-state index is 4.21. The molecule has 0 aliphatic heterocycles. The van der Waals surface area contributed by atoms with Gasteiger partial charge in [-0.1, -0.05) is 0 Å². The van der Waals surface area contributed by atoms with Crippen LogP contribution in [0.4, 0.5) is 0 Å². The number of thiol groups is 1. The maximum absolute atomic E-state index is 4.21. The van der Waals surface area contributed by atoms with Crippen LogP contribution in [-0.2, 0) is 0 Å². The van der Waals surface area contributed by atoms with Gasteiger partial charge in [0.15, 0.2) is 0 Å². The van der Waals surface area contributed by atoms with Gasteiger partial charge >= 0.3 is 0 Å². The molecule has 0 radical (unpaired) electrons. The molecule has 0 unspecified atom stereocenters. The Morgan fingerprint density at radius 3 is 1.82 bits per heavy atom. The Morgan fingerprint density at radius 1 is 1.09 bits per heavy atom. The molecule has 0 saturated heterocycles. The lowest BCUT2D eigenvalue weighted by Gasteiger charge is -2.30. The van der Waals surface area contributed by atoms with Crippen molar-refractivity contribution in [2.75, 3.05) is 12.3 Å². The van der Waals surface area contributed by atoms with Crippen molar-refractivity contribution in [3.8, 4) is 0 Å². The number of nitrogens with zero attached hydrogens (tertiary/aromatic N) is 1. The second-order valence-corrected chi connectivity index (χ2v) is 3.95. The summed E-state index contributed by atoms with van der Waals surface area (Å²) in [4.78, 5) is 2.50. The number of hydrogen-bond donors (Lipinski definition) is 1. The van der Waals surface area contributed by atoms with E-state index in [0.717, 1.165) is 5.75 Å². The van der Waals surface area contributed by atoms with E-state index in [9.17, 15) is 0 Å². The Bertz CT molecular complexity index is 83.6. The van der Waals surface area contributed by atoms with Crippen LogP contribution < -0.4 is 0 Å². The Balaban J connectivity index is 3.70. The second kappa shape index (κ2) is 5.90. The van der Waals surface area contributed by atoms with Crippen molar-refractivity contribution in [2.24, 2.45) is 0 Å². The van der Waals surface area contributed by atoms with E-state index in [0.29, 0.717) is 12.1 Å². The molecule has 0 bridgehead atoms. The van der Waals surface area contributed by atoms with E-state index in [1.165, 1.54) is 13.0 Å². The molecule has 0 saturated carbocycles. The summed E-state index contributed by atoms with van der Waals surface area (Å²) in [5.74, 6) is 0.996. The molecule has 0 fully saturated rings. The molecular formula is C9H21NS. The normalized spacial score (nSPS) is 12.0. The Morgan fingerprint density at radius 2 is 1.55 bits per heavy atom. The van der Waals surface area contributed by atoms with Crippen LogP contribution in [0.5, 0.6) is 0 Å². The minimum atomic E-state index is 0.662. The first-order chi connectivity index (χ1) is 5.09. The number of hydrogen-bond acceptors (Lipinski definition) is 2. The minimum absolute atomic E-state index is 0.662. The number of rotatable bonds is 5. The molecule has 0 aliphatic rings. The van der Waals surface area contributed by atoms with Crippen molar-refractivity contribution in [2.45, 2.75) is 46.2 Å². The lowest BCUT2D eigenvalue weighted by atomic mass is 10.2. The van der Waals surface area contributed by atoms with Crippen LogP contribution in [0.1, 0.15) is 34.1 Å². The van der Waals surface area contributed by atoms with Crippen molar-refractivity contribution >= 4 is 12.6 Å². The molecule has 0 N–H and O–H groups in total. The molecule has 0 aromatic carbocycles. The first-order valence-electron chi connectivity index (χ1n) is 4.46. The highest BCUT2D eigenvalue weighted by Gasteiger charge is 2.11. The van der Waals surface area contributed by atoms with E-state index in [1.54, 1.807) is 0 Å². The summed E-state index contributed by atoms with van der Waals surface area (Å²) < 4.78 is 0. The van der Waals surface area contributed by atoms with Gasteiger partial charge in [-0.3, -0.25) is 4.90 Å². The Hall–Kier alpha value is 0.310. The largest absolute Gasteiger partial charge is 0.299 e. The van der Waals surface area contributed by atoms with Crippen LogP contribution in [0.15, 0.2) is 0 Å². The van der Waals surface area contributed by atoms with Gasteiger partial charge in [-0.2, -0.15) is 12.6 Å². The van der Waals surface area contributed by atoms with E-state index in [4.69, 9.17) is 0 Å². The Labute approximate surface area is 76.6 Å². The summed E-state index contributed by atoms with van der Waals surface area (Å²) in [6, 6.07) is 1.32. The lowest BCUT2D eigenvalue weighted by molar-refractivity contribution is 0.176. The summed E-state index contributed by atoms with van der Waals surface area (Å²) >= 11 is 4.21. The zero-order valence-electron chi connectivity index (χ0n) is 8.17. The van der Waals surface area contributed by atoms with Crippen LogP contribution in [0.25, 0.3) is 0 Å². The predicted molar refractivity (Wildman–Crippen MR) is 55.4 cm³/mol. The molecule has 0 amide bonds. The second-order valence-electron chi connectivity index (χ2n) is 3.50. The van der Waals surface area contributed by atoms with Crippen LogP contribution in [0.3, 0.4) is 0 Å². The van der Waals surface area contributed by atoms with E-state index >= 15 is 0 Å². The molecule has 68 valence electrons. The highest BCUT2D eigenvalue weighted by Crippen LogP contribution is 2.05. The summed E-state index contributed by atoms with van der Waals surface area (Å²) in [6.07, 6.45) is 1.19. The third kappa shape index (κ3) is 4.70. The smallest absolute Gasteiger partial charge is 0.00412 e. The fourth-order valence-corrected chi connectivity index (χ4v) is 1.51. The first kappa shape index (κ1) is 11.3. The quantitative estimate of drug-likeness (QED) is 0.628. The van der Waals surface area contributed by atoms with E-state index in [-0.39, 0.29) is 0 Å². The van der Waals surface area contributed by atoms with Gasteiger partial charge in [0, 0.05) is 12.1 Å². The van der Waals surface area contributed by atoms with Gasteiger partial charge in [-0.15, -0.1) is 0 Å². The molecule has 0 spiro atoms. The van der Waals surface area contributed by atoms with Crippen molar-refractivity contribution in [3.05, 3.63) is 0 Å². The van der Waals surface area contributed by atoms with Gasteiger partial charge in [-0.25, -0.2) is 0 Å². The molecular weight excluding hydrogens is 154 g/mol. The SMILES string of the molecule is CC(C)N(CCCS)C(C)C. The van der Waals surface area contributed by atoms with Crippen molar-refractivity contribution < 1.29 is 0 Å². The van der Waals surface area contributed by atoms with Gasteiger partial charge in [-0.05, 0) is 46.4 Å². The van der Waals surface area contributed by atoms with E-state index in [1.807, 2.05) is 0 Å².